The lowest BCUT2D eigenvalue weighted by Gasteiger charge is -2.39. The highest BCUT2D eigenvalue weighted by Crippen LogP contribution is 2.47. The Bertz CT molecular complexity index is 1120. The number of hydrogen-bond acceptors (Lipinski definition) is 5. The second kappa shape index (κ2) is 9.02. The average Bonchev–Trinajstić information content (AvgIpc) is 3.32. The van der Waals surface area contributed by atoms with Gasteiger partial charge in [-0.1, -0.05) is 56.6 Å². The number of aliphatic carboxylic acids is 1. The van der Waals surface area contributed by atoms with E-state index >= 15 is 0 Å². The Morgan fingerprint density at radius 1 is 1.30 bits per heavy atom. The summed E-state index contributed by atoms with van der Waals surface area (Å²) in [6.07, 6.45) is 3.02. The average molecular weight is 534 g/mol. The van der Waals surface area contributed by atoms with Crippen LogP contribution < -0.4 is 5.73 Å². The van der Waals surface area contributed by atoms with Crippen LogP contribution in [0.2, 0.25) is 0 Å². The summed E-state index contributed by atoms with van der Waals surface area (Å²) in [6, 6.07) is 4.27. The molecule has 2 heterocycles. The molecule has 0 saturated carbocycles. The molecule has 1 aromatic heterocycles. The molecular formula is C24H28BrN3O4S. The summed E-state index contributed by atoms with van der Waals surface area (Å²) < 4.78 is 0.749. The van der Waals surface area contributed by atoms with Crippen molar-refractivity contribution >= 4 is 45.1 Å². The lowest BCUT2D eigenvalue weighted by molar-refractivity contribution is -0.148. The molecule has 1 aromatic carbocycles. The summed E-state index contributed by atoms with van der Waals surface area (Å²) in [4.78, 5) is 44.7. The second-order valence-electron chi connectivity index (χ2n) is 9.68. The van der Waals surface area contributed by atoms with E-state index in [2.05, 4.69) is 41.7 Å². The third-order valence-electron chi connectivity index (χ3n) is 5.68. The molecule has 33 heavy (non-hydrogen) atoms. The van der Waals surface area contributed by atoms with E-state index in [0.29, 0.717) is 10.6 Å². The maximum Gasteiger partial charge on any atom is 0.333 e. The van der Waals surface area contributed by atoms with E-state index in [-0.39, 0.29) is 23.3 Å². The van der Waals surface area contributed by atoms with Crippen molar-refractivity contribution < 1.29 is 19.5 Å². The van der Waals surface area contributed by atoms with Gasteiger partial charge < -0.3 is 15.7 Å². The van der Waals surface area contributed by atoms with E-state index in [4.69, 9.17) is 5.73 Å². The Hall–Kier alpha value is -2.52. The summed E-state index contributed by atoms with van der Waals surface area (Å²) in [6.45, 7) is 9.94. The summed E-state index contributed by atoms with van der Waals surface area (Å²) in [5, 5.41) is 12.5. The molecule has 1 unspecified atom stereocenters. The predicted molar refractivity (Wildman–Crippen MR) is 131 cm³/mol. The zero-order valence-electron chi connectivity index (χ0n) is 19.3. The Morgan fingerprint density at radius 2 is 1.97 bits per heavy atom. The molecule has 0 aliphatic carbocycles. The number of carboxylic acid groups (broad SMARTS) is 1. The number of primary amides is 1. The zero-order valence-corrected chi connectivity index (χ0v) is 21.7. The fourth-order valence-electron chi connectivity index (χ4n) is 4.32. The molecule has 0 spiro atoms. The number of halogens is 1. The fourth-order valence-corrected chi connectivity index (χ4v) is 6.04. The van der Waals surface area contributed by atoms with Gasteiger partial charge in [0.1, 0.15) is 11.0 Å². The standard InChI is InChI=1S/C24H28BrN3O4S/c1-13(2)11-24(22(31)32)12-15(19(26)29)18(20-27-8-9-33-20)28(24)21(30)14-6-7-16(17(25)10-14)23(3,4)5/h6-10,12-13,18H,11H2,1-5H3,(H2,26,29)(H,31,32)/t18?,24-/m0/s1. The van der Waals surface area contributed by atoms with Gasteiger partial charge in [-0.15, -0.1) is 11.3 Å². The molecule has 0 fully saturated rings. The molecule has 7 nitrogen and oxygen atoms in total. The van der Waals surface area contributed by atoms with E-state index in [1.54, 1.807) is 23.7 Å². The molecule has 2 amide bonds. The smallest absolute Gasteiger partial charge is 0.333 e. The van der Waals surface area contributed by atoms with Crippen LogP contribution >= 0.6 is 27.3 Å². The van der Waals surface area contributed by atoms with E-state index in [1.807, 2.05) is 19.9 Å². The maximum absolute atomic E-state index is 14.0. The monoisotopic (exact) mass is 533 g/mol. The number of hydrogen-bond donors (Lipinski definition) is 2. The number of carboxylic acids is 1. The lowest BCUT2D eigenvalue weighted by Crippen LogP contribution is -2.55. The van der Waals surface area contributed by atoms with Crippen LogP contribution in [0.1, 0.15) is 68.0 Å². The van der Waals surface area contributed by atoms with Crippen molar-refractivity contribution in [2.24, 2.45) is 11.7 Å². The van der Waals surface area contributed by atoms with Crippen LogP contribution in [0.3, 0.4) is 0 Å². The minimum Gasteiger partial charge on any atom is -0.479 e. The molecule has 3 rings (SSSR count). The molecular weight excluding hydrogens is 506 g/mol. The number of thiazole rings is 1. The number of aromatic nitrogens is 1. The molecule has 0 saturated heterocycles. The third-order valence-corrected chi connectivity index (χ3v) is 7.16. The van der Waals surface area contributed by atoms with Gasteiger partial charge in [0.05, 0.1) is 0 Å². The first kappa shape index (κ1) is 25.1. The van der Waals surface area contributed by atoms with Gasteiger partial charge in [-0.05, 0) is 41.5 Å². The number of nitrogens with zero attached hydrogens (tertiary/aromatic N) is 2. The number of carbonyl (C=O) groups is 3. The van der Waals surface area contributed by atoms with Gasteiger partial charge in [-0.2, -0.15) is 0 Å². The number of nitrogens with two attached hydrogens (primary N) is 1. The zero-order chi connectivity index (χ0) is 24.7. The van der Waals surface area contributed by atoms with E-state index in [0.717, 1.165) is 10.0 Å². The van der Waals surface area contributed by atoms with E-state index in [1.165, 1.54) is 22.3 Å². The van der Waals surface area contributed by atoms with Gasteiger partial charge in [-0.25, -0.2) is 9.78 Å². The molecule has 3 N–H and O–H groups in total. The Kier molecular flexibility index (Phi) is 6.87. The van der Waals surface area contributed by atoms with Gasteiger partial charge >= 0.3 is 5.97 Å². The van der Waals surface area contributed by atoms with Crippen molar-refractivity contribution in [1.29, 1.82) is 0 Å². The van der Waals surface area contributed by atoms with E-state index < -0.39 is 29.4 Å². The first-order chi connectivity index (χ1) is 15.3. The molecule has 0 radical (unpaired) electrons. The largest absolute Gasteiger partial charge is 0.479 e. The molecule has 176 valence electrons. The maximum atomic E-state index is 14.0. The summed E-state index contributed by atoms with van der Waals surface area (Å²) in [5.41, 5.74) is 5.17. The van der Waals surface area contributed by atoms with Crippen molar-refractivity contribution in [3.63, 3.8) is 0 Å². The minimum absolute atomic E-state index is 0.0618. The molecule has 9 heteroatoms. The lowest BCUT2D eigenvalue weighted by atomic mass is 9.86. The SMILES string of the molecule is CC(C)C[C@@]1(C(=O)O)C=C(C(N)=O)C(c2nccs2)N1C(=O)c1ccc(C(C)(C)C)c(Br)c1. The van der Waals surface area contributed by atoms with Crippen molar-refractivity contribution in [2.75, 3.05) is 0 Å². The first-order valence-corrected chi connectivity index (χ1v) is 12.3. The highest BCUT2D eigenvalue weighted by Gasteiger charge is 2.56. The quantitative estimate of drug-likeness (QED) is 0.559. The normalized spacial score (nSPS) is 20.8. The number of amides is 2. The van der Waals surface area contributed by atoms with Crippen LogP contribution in [0, 0.1) is 5.92 Å². The number of benzene rings is 1. The molecule has 1 aliphatic rings. The first-order valence-electron chi connectivity index (χ1n) is 10.6. The van der Waals surface area contributed by atoms with Crippen molar-refractivity contribution in [3.05, 3.63) is 62.0 Å². The van der Waals surface area contributed by atoms with Crippen molar-refractivity contribution in [3.8, 4) is 0 Å². The molecule has 2 atom stereocenters. The van der Waals surface area contributed by atoms with Crippen LogP contribution in [0.15, 0.2) is 45.9 Å². The highest BCUT2D eigenvalue weighted by atomic mass is 79.9. The molecule has 0 bridgehead atoms. The Balaban J connectivity index is 2.23. The molecule has 1 aliphatic heterocycles. The van der Waals surface area contributed by atoms with Gasteiger partial charge in [0.15, 0.2) is 5.54 Å². The van der Waals surface area contributed by atoms with Gasteiger partial charge in [0, 0.05) is 27.2 Å². The van der Waals surface area contributed by atoms with Gasteiger partial charge in [-0.3, -0.25) is 9.59 Å². The van der Waals surface area contributed by atoms with Crippen LogP contribution in [0.4, 0.5) is 0 Å². The summed E-state index contributed by atoms with van der Waals surface area (Å²) >= 11 is 4.80. The van der Waals surface area contributed by atoms with Gasteiger partial charge in [0.25, 0.3) is 5.91 Å². The van der Waals surface area contributed by atoms with Crippen molar-refractivity contribution in [2.45, 2.75) is 58.0 Å². The topological polar surface area (TPSA) is 114 Å². The van der Waals surface area contributed by atoms with Crippen LogP contribution in [-0.4, -0.2) is 38.3 Å². The Morgan fingerprint density at radius 3 is 2.42 bits per heavy atom. The fraction of sp³-hybridized carbons (Fsp3) is 0.417. The highest BCUT2D eigenvalue weighted by molar-refractivity contribution is 9.10. The van der Waals surface area contributed by atoms with Gasteiger partial charge in [0.2, 0.25) is 5.91 Å². The van der Waals surface area contributed by atoms with Crippen LogP contribution in [0.5, 0.6) is 0 Å². The van der Waals surface area contributed by atoms with Crippen LogP contribution in [-0.2, 0) is 15.0 Å². The van der Waals surface area contributed by atoms with E-state index in [9.17, 15) is 19.5 Å². The number of rotatable bonds is 6. The number of carbonyl (C=O) groups excluding carboxylic acids is 2. The van der Waals surface area contributed by atoms with Crippen LogP contribution in [0.25, 0.3) is 0 Å². The summed E-state index contributed by atoms with van der Waals surface area (Å²) in [7, 11) is 0. The second-order valence-corrected chi connectivity index (χ2v) is 11.5. The third kappa shape index (κ3) is 4.61. The molecule has 2 aromatic rings. The summed E-state index contributed by atoms with van der Waals surface area (Å²) in [5.74, 6) is -2.57. The van der Waals surface area contributed by atoms with Crippen molar-refractivity contribution in [1.82, 2.24) is 9.88 Å². The Labute approximate surface area is 205 Å². The predicted octanol–water partition coefficient (Wildman–Crippen LogP) is 4.68. The minimum atomic E-state index is -1.73.